The van der Waals surface area contributed by atoms with Crippen LogP contribution in [0, 0.1) is 24.1 Å². The van der Waals surface area contributed by atoms with Gasteiger partial charge in [-0.15, -0.1) is 0 Å². The van der Waals surface area contributed by atoms with Crippen LogP contribution in [0.2, 0.25) is 0 Å². The van der Waals surface area contributed by atoms with Crippen molar-refractivity contribution in [3.8, 4) is 6.07 Å². The molecule has 7 heteroatoms. The standard InChI is InChI=1S/C19H20FN3O2S/c1-15-2-8-18(9-3-15)26(24,25)23-12-10-22(11-13-23)19(14-21)16-4-6-17(20)7-5-16/h2-9,19H,10-13H2,1H3/t19-/m1/s1. The van der Waals surface area contributed by atoms with Crippen LogP contribution in [0.25, 0.3) is 0 Å². The van der Waals surface area contributed by atoms with Crippen LogP contribution in [-0.4, -0.2) is 43.8 Å². The highest BCUT2D eigenvalue weighted by Crippen LogP contribution is 2.24. The maximum absolute atomic E-state index is 13.1. The van der Waals surface area contributed by atoms with Crippen molar-refractivity contribution in [2.75, 3.05) is 26.2 Å². The summed E-state index contributed by atoms with van der Waals surface area (Å²) in [6.07, 6.45) is 0. The Bertz CT molecular complexity index is 897. The third-order valence-electron chi connectivity index (χ3n) is 4.61. The summed E-state index contributed by atoms with van der Waals surface area (Å²) < 4.78 is 40.1. The van der Waals surface area contributed by atoms with Crippen molar-refractivity contribution >= 4 is 10.0 Å². The number of nitriles is 1. The zero-order valence-electron chi connectivity index (χ0n) is 14.5. The summed E-state index contributed by atoms with van der Waals surface area (Å²) in [5, 5.41) is 9.51. The SMILES string of the molecule is Cc1ccc(S(=O)(=O)N2CCN([C@H](C#N)c3ccc(F)cc3)CC2)cc1. The molecular weight excluding hydrogens is 353 g/mol. The predicted octanol–water partition coefficient (Wildman–Crippen LogP) is 2.71. The van der Waals surface area contributed by atoms with Gasteiger partial charge in [-0.1, -0.05) is 29.8 Å². The number of sulfonamides is 1. The summed E-state index contributed by atoms with van der Waals surface area (Å²) in [5.41, 5.74) is 1.72. The fraction of sp³-hybridized carbons (Fsp3) is 0.316. The van der Waals surface area contributed by atoms with E-state index in [1.807, 2.05) is 11.8 Å². The van der Waals surface area contributed by atoms with E-state index in [0.717, 1.165) is 5.56 Å². The van der Waals surface area contributed by atoms with Crippen molar-refractivity contribution < 1.29 is 12.8 Å². The van der Waals surface area contributed by atoms with Gasteiger partial charge in [0.25, 0.3) is 0 Å². The molecule has 1 aliphatic rings. The van der Waals surface area contributed by atoms with Gasteiger partial charge in [-0.25, -0.2) is 12.8 Å². The van der Waals surface area contributed by atoms with Crippen molar-refractivity contribution in [3.05, 3.63) is 65.5 Å². The van der Waals surface area contributed by atoms with Crippen LogP contribution in [0.1, 0.15) is 17.2 Å². The predicted molar refractivity (Wildman–Crippen MR) is 96.3 cm³/mol. The number of rotatable bonds is 4. The van der Waals surface area contributed by atoms with E-state index in [1.165, 1.54) is 16.4 Å². The number of piperazine rings is 1. The number of halogens is 1. The zero-order chi connectivity index (χ0) is 18.7. The number of hydrogen-bond acceptors (Lipinski definition) is 4. The Morgan fingerprint density at radius 2 is 1.58 bits per heavy atom. The first-order valence-electron chi connectivity index (χ1n) is 8.38. The van der Waals surface area contributed by atoms with E-state index in [2.05, 4.69) is 6.07 Å². The van der Waals surface area contributed by atoms with Crippen LogP contribution in [0.3, 0.4) is 0 Å². The Balaban J connectivity index is 1.71. The first-order valence-corrected chi connectivity index (χ1v) is 9.82. The molecule has 0 N–H and O–H groups in total. The molecule has 0 bridgehead atoms. The molecule has 0 aliphatic carbocycles. The van der Waals surface area contributed by atoms with Gasteiger partial charge in [0.1, 0.15) is 11.9 Å². The molecular formula is C19H20FN3O2S. The third kappa shape index (κ3) is 3.78. The molecule has 1 heterocycles. The highest BCUT2D eigenvalue weighted by atomic mass is 32.2. The van der Waals surface area contributed by atoms with Gasteiger partial charge in [-0.05, 0) is 36.8 Å². The van der Waals surface area contributed by atoms with E-state index in [4.69, 9.17) is 0 Å². The molecule has 3 rings (SSSR count). The quantitative estimate of drug-likeness (QED) is 0.827. The lowest BCUT2D eigenvalue weighted by Gasteiger charge is -2.36. The molecule has 26 heavy (non-hydrogen) atoms. The van der Waals surface area contributed by atoms with Gasteiger partial charge in [0, 0.05) is 26.2 Å². The minimum absolute atomic E-state index is 0.284. The summed E-state index contributed by atoms with van der Waals surface area (Å²) in [6.45, 7) is 3.43. The molecule has 5 nitrogen and oxygen atoms in total. The minimum Gasteiger partial charge on any atom is -0.282 e. The maximum Gasteiger partial charge on any atom is 0.243 e. The molecule has 1 fully saturated rings. The fourth-order valence-corrected chi connectivity index (χ4v) is 4.50. The van der Waals surface area contributed by atoms with Crippen LogP contribution in [0.5, 0.6) is 0 Å². The second-order valence-electron chi connectivity index (χ2n) is 6.34. The van der Waals surface area contributed by atoms with Crippen LogP contribution in [-0.2, 0) is 10.0 Å². The van der Waals surface area contributed by atoms with Crippen molar-refractivity contribution in [3.63, 3.8) is 0 Å². The van der Waals surface area contributed by atoms with Crippen LogP contribution >= 0.6 is 0 Å². The number of aryl methyl sites for hydroxylation is 1. The van der Waals surface area contributed by atoms with E-state index < -0.39 is 16.1 Å². The van der Waals surface area contributed by atoms with E-state index in [1.54, 1.807) is 36.4 Å². The lowest BCUT2D eigenvalue weighted by Crippen LogP contribution is -2.49. The molecule has 0 amide bonds. The first-order chi connectivity index (χ1) is 12.4. The average molecular weight is 373 g/mol. The van der Waals surface area contributed by atoms with Gasteiger partial charge >= 0.3 is 0 Å². The normalized spacial score (nSPS) is 17.6. The molecule has 0 saturated carbocycles. The topological polar surface area (TPSA) is 64.4 Å². The second-order valence-corrected chi connectivity index (χ2v) is 8.27. The molecule has 1 aliphatic heterocycles. The van der Waals surface area contributed by atoms with Crippen molar-refractivity contribution in [1.82, 2.24) is 9.21 Å². The van der Waals surface area contributed by atoms with Gasteiger partial charge in [0.2, 0.25) is 10.0 Å². The summed E-state index contributed by atoms with van der Waals surface area (Å²) in [5.74, 6) is -0.348. The van der Waals surface area contributed by atoms with Crippen molar-refractivity contribution in [1.29, 1.82) is 5.26 Å². The lowest BCUT2D eigenvalue weighted by atomic mass is 10.1. The first kappa shape index (κ1) is 18.5. The number of nitrogens with zero attached hydrogens (tertiary/aromatic N) is 3. The highest BCUT2D eigenvalue weighted by molar-refractivity contribution is 7.89. The van der Waals surface area contributed by atoms with Gasteiger partial charge in [0.15, 0.2) is 0 Å². The Kier molecular flexibility index (Phi) is 5.37. The summed E-state index contributed by atoms with van der Waals surface area (Å²) in [7, 11) is -3.53. The Morgan fingerprint density at radius 1 is 1.00 bits per heavy atom. The highest BCUT2D eigenvalue weighted by Gasteiger charge is 2.31. The molecule has 2 aromatic rings. The maximum atomic E-state index is 13.1. The molecule has 0 radical (unpaired) electrons. The van der Waals surface area contributed by atoms with Crippen LogP contribution in [0.4, 0.5) is 4.39 Å². The monoisotopic (exact) mass is 373 g/mol. The number of hydrogen-bond donors (Lipinski definition) is 0. The van der Waals surface area contributed by atoms with E-state index in [9.17, 15) is 18.1 Å². The van der Waals surface area contributed by atoms with Gasteiger partial charge in [-0.2, -0.15) is 9.57 Å². The molecule has 1 saturated heterocycles. The number of benzene rings is 2. The largest absolute Gasteiger partial charge is 0.282 e. The van der Waals surface area contributed by atoms with E-state index in [0.29, 0.717) is 31.7 Å². The third-order valence-corrected chi connectivity index (χ3v) is 6.52. The minimum atomic E-state index is -3.53. The van der Waals surface area contributed by atoms with Crippen LogP contribution < -0.4 is 0 Å². The Labute approximate surface area is 153 Å². The summed E-state index contributed by atoms with van der Waals surface area (Å²) in [4.78, 5) is 2.21. The van der Waals surface area contributed by atoms with Gasteiger partial charge in [0.05, 0.1) is 11.0 Å². The molecule has 136 valence electrons. The van der Waals surface area contributed by atoms with E-state index in [-0.39, 0.29) is 10.7 Å². The second kappa shape index (κ2) is 7.54. The average Bonchev–Trinajstić information content (AvgIpc) is 2.65. The fourth-order valence-electron chi connectivity index (χ4n) is 3.07. The lowest BCUT2D eigenvalue weighted by molar-refractivity contribution is 0.162. The van der Waals surface area contributed by atoms with Crippen molar-refractivity contribution in [2.24, 2.45) is 0 Å². The smallest absolute Gasteiger partial charge is 0.243 e. The van der Waals surface area contributed by atoms with Gasteiger partial charge in [-0.3, -0.25) is 4.90 Å². The molecule has 0 spiro atoms. The summed E-state index contributed by atoms with van der Waals surface area (Å²) >= 11 is 0. The molecule has 1 atom stereocenters. The zero-order valence-corrected chi connectivity index (χ0v) is 15.3. The van der Waals surface area contributed by atoms with Crippen molar-refractivity contribution in [2.45, 2.75) is 17.9 Å². The molecule has 0 aromatic heterocycles. The Hall–Kier alpha value is -2.27. The van der Waals surface area contributed by atoms with E-state index >= 15 is 0 Å². The van der Waals surface area contributed by atoms with Crippen LogP contribution in [0.15, 0.2) is 53.4 Å². The Morgan fingerprint density at radius 3 is 2.12 bits per heavy atom. The van der Waals surface area contributed by atoms with Gasteiger partial charge < -0.3 is 0 Å². The molecule has 2 aromatic carbocycles. The molecule has 0 unspecified atom stereocenters. The summed E-state index contributed by atoms with van der Waals surface area (Å²) in [6, 6.07) is 14.4.